The summed E-state index contributed by atoms with van der Waals surface area (Å²) in [5, 5.41) is 3.53. The molecule has 0 fully saturated rings. The Kier molecular flexibility index (Phi) is 6.24. The number of para-hydroxylation sites is 1. The lowest BCUT2D eigenvalue weighted by molar-refractivity contribution is -0.115. The third-order valence-corrected chi connectivity index (χ3v) is 5.98. The van der Waals surface area contributed by atoms with E-state index in [9.17, 15) is 13.2 Å². The normalized spacial score (nSPS) is 11.1. The lowest BCUT2D eigenvalue weighted by Crippen LogP contribution is -2.16. The molecule has 0 radical (unpaired) electrons. The van der Waals surface area contributed by atoms with Crippen molar-refractivity contribution in [1.29, 1.82) is 0 Å². The van der Waals surface area contributed by atoms with Crippen molar-refractivity contribution in [2.75, 3.05) is 10.0 Å². The maximum Gasteiger partial charge on any atom is 0.261 e. The summed E-state index contributed by atoms with van der Waals surface area (Å²) in [4.78, 5) is 12.3. The summed E-state index contributed by atoms with van der Waals surface area (Å²) in [6.45, 7) is 0. The number of nitrogens with one attached hydrogen (secondary N) is 2. The fraction of sp³-hybridized carbons (Fsp3) is 0.0500. The molecule has 0 saturated carbocycles. The van der Waals surface area contributed by atoms with Gasteiger partial charge in [-0.1, -0.05) is 47.5 Å². The minimum Gasteiger partial charge on any atom is -0.326 e. The van der Waals surface area contributed by atoms with Crippen LogP contribution in [0, 0.1) is 0 Å². The van der Waals surface area contributed by atoms with Gasteiger partial charge in [-0.15, -0.1) is 0 Å². The molecule has 0 bridgehead atoms. The van der Waals surface area contributed by atoms with Gasteiger partial charge in [0.2, 0.25) is 5.91 Å². The molecule has 1 amide bonds. The molecule has 0 aliphatic heterocycles. The third kappa shape index (κ3) is 5.04. The van der Waals surface area contributed by atoms with Crippen molar-refractivity contribution in [3.63, 3.8) is 0 Å². The van der Waals surface area contributed by atoms with Gasteiger partial charge in [-0.05, 0) is 54.1 Å². The number of hydrogen-bond acceptors (Lipinski definition) is 3. The Labute approximate surface area is 173 Å². The van der Waals surface area contributed by atoms with Crippen LogP contribution in [0.25, 0.3) is 0 Å². The fourth-order valence-corrected chi connectivity index (χ4v) is 4.09. The van der Waals surface area contributed by atoms with Crippen LogP contribution in [-0.2, 0) is 21.2 Å². The van der Waals surface area contributed by atoms with Crippen LogP contribution < -0.4 is 10.0 Å². The zero-order chi connectivity index (χ0) is 20.1. The molecular formula is C20H16Cl2N2O3S. The molecule has 0 spiro atoms. The first-order valence-electron chi connectivity index (χ1n) is 8.26. The summed E-state index contributed by atoms with van der Waals surface area (Å²) in [6.07, 6.45) is 0.00805. The first-order valence-corrected chi connectivity index (χ1v) is 10.5. The lowest BCUT2D eigenvalue weighted by Gasteiger charge is -2.10. The second-order valence-electron chi connectivity index (χ2n) is 5.92. The summed E-state index contributed by atoms with van der Waals surface area (Å²) in [5.74, 6) is -0.312. The molecule has 5 nitrogen and oxygen atoms in total. The van der Waals surface area contributed by atoms with Crippen LogP contribution in [0.3, 0.4) is 0 Å². The molecule has 3 rings (SSSR count). The van der Waals surface area contributed by atoms with Gasteiger partial charge in [0, 0.05) is 21.4 Å². The summed E-state index contributed by atoms with van der Waals surface area (Å²) in [5.41, 5.74) is 1.47. The molecule has 0 aromatic heterocycles. The Balaban J connectivity index is 1.68. The van der Waals surface area contributed by atoms with Crippen LogP contribution in [0.4, 0.5) is 11.4 Å². The number of benzene rings is 3. The van der Waals surface area contributed by atoms with Crippen molar-refractivity contribution in [2.24, 2.45) is 0 Å². The van der Waals surface area contributed by atoms with E-state index in [1.165, 1.54) is 24.3 Å². The number of sulfonamides is 1. The predicted octanol–water partition coefficient (Wildman–Crippen LogP) is 4.98. The van der Waals surface area contributed by atoms with Crippen molar-refractivity contribution in [1.82, 2.24) is 0 Å². The van der Waals surface area contributed by atoms with Gasteiger partial charge < -0.3 is 5.32 Å². The Bertz CT molecular complexity index is 1070. The average Bonchev–Trinajstić information content (AvgIpc) is 2.66. The number of carbonyl (C=O) groups excluding carboxylic acids is 1. The van der Waals surface area contributed by atoms with Crippen LogP contribution in [0.1, 0.15) is 5.56 Å². The van der Waals surface area contributed by atoms with E-state index < -0.39 is 10.0 Å². The largest absolute Gasteiger partial charge is 0.326 e. The summed E-state index contributed by atoms with van der Waals surface area (Å²) in [7, 11) is -3.72. The van der Waals surface area contributed by atoms with E-state index in [2.05, 4.69) is 10.0 Å². The minimum absolute atomic E-state index is 0.00805. The van der Waals surface area contributed by atoms with E-state index >= 15 is 0 Å². The number of hydrogen-bond donors (Lipinski definition) is 2. The first-order chi connectivity index (χ1) is 13.3. The lowest BCUT2D eigenvalue weighted by atomic mass is 10.1. The van der Waals surface area contributed by atoms with Crippen LogP contribution in [0.5, 0.6) is 0 Å². The third-order valence-electron chi connectivity index (χ3n) is 3.87. The number of anilines is 2. The van der Waals surface area contributed by atoms with E-state index in [0.29, 0.717) is 27.0 Å². The van der Waals surface area contributed by atoms with Crippen molar-refractivity contribution < 1.29 is 13.2 Å². The van der Waals surface area contributed by atoms with Crippen molar-refractivity contribution in [3.8, 4) is 0 Å². The van der Waals surface area contributed by atoms with E-state index in [-0.39, 0.29) is 17.2 Å². The van der Waals surface area contributed by atoms with E-state index in [4.69, 9.17) is 23.2 Å². The van der Waals surface area contributed by atoms with Gasteiger partial charge in [0.05, 0.1) is 11.3 Å². The second kappa shape index (κ2) is 8.65. The number of carbonyl (C=O) groups is 1. The van der Waals surface area contributed by atoms with Crippen LogP contribution >= 0.6 is 23.2 Å². The van der Waals surface area contributed by atoms with Crippen LogP contribution in [-0.4, -0.2) is 14.3 Å². The molecule has 3 aromatic carbocycles. The molecule has 0 aliphatic rings. The van der Waals surface area contributed by atoms with E-state index in [0.717, 1.165) is 0 Å². The van der Waals surface area contributed by atoms with Gasteiger partial charge in [0.15, 0.2) is 0 Å². The van der Waals surface area contributed by atoms with E-state index in [1.54, 1.807) is 48.5 Å². The highest BCUT2D eigenvalue weighted by molar-refractivity contribution is 7.92. The minimum atomic E-state index is -3.72. The smallest absolute Gasteiger partial charge is 0.261 e. The fourth-order valence-electron chi connectivity index (χ4n) is 2.50. The monoisotopic (exact) mass is 434 g/mol. The molecule has 0 heterocycles. The molecule has 0 aliphatic carbocycles. The zero-order valence-electron chi connectivity index (χ0n) is 14.5. The quantitative estimate of drug-likeness (QED) is 0.574. The zero-order valence-corrected chi connectivity index (χ0v) is 16.9. The molecule has 144 valence electrons. The van der Waals surface area contributed by atoms with Gasteiger partial charge in [-0.3, -0.25) is 9.52 Å². The van der Waals surface area contributed by atoms with Crippen molar-refractivity contribution >= 4 is 50.5 Å². The number of rotatable bonds is 6. The Hall–Kier alpha value is -2.54. The molecular weight excluding hydrogens is 419 g/mol. The molecule has 2 N–H and O–H groups in total. The second-order valence-corrected chi connectivity index (χ2v) is 8.42. The predicted molar refractivity (Wildman–Crippen MR) is 112 cm³/mol. The summed E-state index contributed by atoms with van der Waals surface area (Å²) in [6, 6.07) is 19.5. The summed E-state index contributed by atoms with van der Waals surface area (Å²) >= 11 is 12.2. The molecule has 0 saturated heterocycles. The molecule has 0 unspecified atom stereocenters. The number of amides is 1. The Morgan fingerprint density at radius 2 is 1.39 bits per heavy atom. The maximum absolute atomic E-state index is 12.4. The number of halogens is 2. The van der Waals surface area contributed by atoms with Crippen LogP contribution in [0.15, 0.2) is 77.7 Å². The standard InChI is InChI=1S/C20H16Cl2N2O3S/c21-18-7-4-8-19(22)17(18)13-20(25)23-14-9-11-16(12-10-14)28(26,27)24-15-5-2-1-3-6-15/h1-12,24H,13H2,(H,23,25). The van der Waals surface area contributed by atoms with Crippen molar-refractivity contribution in [3.05, 3.63) is 88.4 Å². The van der Waals surface area contributed by atoms with E-state index in [1.807, 2.05) is 0 Å². The first kappa shape index (κ1) is 20.2. The van der Waals surface area contributed by atoms with Gasteiger partial charge in [0.1, 0.15) is 0 Å². The highest BCUT2D eigenvalue weighted by atomic mass is 35.5. The highest BCUT2D eigenvalue weighted by Gasteiger charge is 2.15. The topological polar surface area (TPSA) is 75.3 Å². The average molecular weight is 435 g/mol. The molecule has 28 heavy (non-hydrogen) atoms. The SMILES string of the molecule is O=C(Cc1c(Cl)cccc1Cl)Nc1ccc(S(=O)(=O)Nc2ccccc2)cc1. The van der Waals surface area contributed by atoms with Gasteiger partial charge in [-0.2, -0.15) is 0 Å². The molecule has 8 heteroatoms. The van der Waals surface area contributed by atoms with Gasteiger partial charge in [-0.25, -0.2) is 8.42 Å². The highest BCUT2D eigenvalue weighted by Crippen LogP contribution is 2.25. The van der Waals surface area contributed by atoms with Crippen molar-refractivity contribution in [2.45, 2.75) is 11.3 Å². The molecule has 3 aromatic rings. The van der Waals surface area contributed by atoms with Gasteiger partial charge >= 0.3 is 0 Å². The van der Waals surface area contributed by atoms with Crippen LogP contribution in [0.2, 0.25) is 10.0 Å². The maximum atomic E-state index is 12.4. The summed E-state index contributed by atoms with van der Waals surface area (Å²) < 4.78 is 27.3. The van der Waals surface area contributed by atoms with Gasteiger partial charge in [0.25, 0.3) is 10.0 Å². The Morgan fingerprint density at radius 1 is 0.786 bits per heavy atom. The molecule has 0 atom stereocenters. The Morgan fingerprint density at radius 3 is 2.00 bits per heavy atom.